The number of amides is 2. The molecule has 0 spiro atoms. The quantitative estimate of drug-likeness (QED) is 0.575. The number of para-hydroxylation sites is 1. The first-order chi connectivity index (χ1) is 14.0. The van der Waals surface area contributed by atoms with Crippen LogP contribution in [0.4, 0.5) is 5.69 Å². The molecular weight excluding hydrogens is 386 g/mol. The number of benzene rings is 2. The second kappa shape index (κ2) is 7.97. The third-order valence-corrected chi connectivity index (χ3v) is 5.89. The van der Waals surface area contributed by atoms with E-state index in [2.05, 4.69) is 16.2 Å². The molecule has 1 aromatic heterocycles. The Balaban J connectivity index is 1.35. The number of hydrogen-bond donors (Lipinski definition) is 3. The number of ether oxygens (including phenoxy) is 1. The first kappa shape index (κ1) is 19.0. The average molecular weight is 407 g/mol. The van der Waals surface area contributed by atoms with Gasteiger partial charge in [-0.25, -0.2) is 0 Å². The fourth-order valence-corrected chi connectivity index (χ4v) is 4.32. The molecule has 3 aromatic rings. The van der Waals surface area contributed by atoms with Crippen LogP contribution in [-0.4, -0.2) is 18.4 Å². The molecular formula is C22H21N3O3S. The van der Waals surface area contributed by atoms with Gasteiger partial charge in [-0.2, -0.15) is 0 Å². The Kier molecular flexibility index (Phi) is 5.22. The molecule has 0 bridgehead atoms. The van der Waals surface area contributed by atoms with Crippen molar-refractivity contribution in [3.8, 4) is 16.2 Å². The standard InChI is InChI=1S/C22H21N3O3S/c1-13-7-8-17(14(2)9-13)23-11-20(26)24-25-22(27)19-10-15-12-28-18-6-4-3-5-16(18)21(15)29-19/h3-10,23H,11-12H2,1-2H3,(H,24,26)(H,25,27). The van der Waals surface area contributed by atoms with Gasteiger partial charge in [0, 0.05) is 21.7 Å². The fraction of sp³-hybridized carbons (Fsp3) is 0.182. The Labute approximate surface area is 172 Å². The third kappa shape index (κ3) is 4.09. The Morgan fingerprint density at radius 2 is 1.90 bits per heavy atom. The molecule has 0 radical (unpaired) electrons. The van der Waals surface area contributed by atoms with Crippen LogP contribution in [0.5, 0.6) is 5.75 Å². The number of fused-ring (bicyclic) bond motifs is 3. The van der Waals surface area contributed by atoms with E-state index in [1.54, 1.807) is 0 Å². The summed E-state index contributed by atoms with van der Waals surface area (Å²) in [5.41, 5.74) is 10.0. The zero-order valence-electron chi connectivity index (χ0n) is 16.2. The predicted octanol–water partition coefficient (Wildman–Crippen LogP) is 3.80. The van der Waals surface area contributed by atoms with E-state index < -0.39 is 0 Å². The van der Waals surface area contributed by atoms with Crippen LogP contribution < -0.4 is 20.9 Å². The lowest BCUT2D eigenvalue weighted by Crippen LogP contribution is -2.43. The molecule has 4 rings (SSSR count). The van der Waals surface area contributed by atoms with E-state index in [1.165, 1.54) is 11.3 Å². The minimum atomic E-state index is -0.346. The van der Waals surface area contributed by atoms with Gasteiger partial charge in [-0.1, -0.05) is 29.8 Å². The molecule has 2 amide bonds. The summed E-state index contributed by atoms with van der Waals surface area (Å²) in [5, 5.41) is 3.08. The summed E-state index contributed by atoms with van der Waals surface area (Å²) in [7, 11) is 0. The minimum Gasteiger partial charge on any atom is -0.488 e. The number of rotatable bonds is 4. The Morgan fingerprint density at radius 1 is 1.07 bits per heavy atom. The van der Waals surface area contributed by atoms with Gasteiger partial charge >= 0.3 is 0 Å². The molecule has 0 saturated heterocycles. The van der Waals surface area contributed by atoms with Crippen molar-refractivity contribution in [3.05, 3.63) is 70.1 Å². The number of hydrazine groups is 1. The highest BCUT2D eigenvalue weighted by molar-refractivity contribution is 7.17. The van der Waals surface area contributed by atoms with Crippen LogP contribution in [0.2, 0.25) is 0 Å². The maximum Gasteiger partial charge on any atom is 0.279 e. The molecule has 148 valence electrons. The monoisotopic (exact) mass is 407 g/mol. The van der Waals surface area contributed by atoms with E-state index in [0.717, 1.165) is 38.6 Å². The van der Waals surface area contributed by atoms with Gasteiger partial charge in [0.1, 0.15) is 12.4 Å². The van der Waals surface area contributed by atoms with Crippen molar-refractivity contribution < 1.29 is 14.3 Å². The summed E-state index contributed by atoms with van der Waals surface area (Å²) in [6, 6.07) is 15.5. The summed E-state index contributed by atoms with van der Waals surface area (Å²) in [5.74, 6) is 0.148. The van der Waals surface area contributed by atoms with Crippen LogP contribution in [0.3, 0.4) is 0 Å². The van der Waals surface area contributed by atoms with Crippen LogP contribution >= 0.6 is 11.3 Å². The predicted molar refractivity (Wildman–Crippen MR) is 114 cm³/mol. The van der Waals surface area contributed by atoms with E-state index in [4.69, 9.17) is 4.74 Å². The van der Waals surface area contributed by atoms with E-state index >= 15 is 0 Å². The lowest BCUT2D eigenvalue weighted by Gasteiger charge is -2.16. The molecule has 7 heteroatoms. The van der Waals surface area contributed by atoms with Gasteiger partial charge in [0.15, 0.2) is 0 Å². The van der Waals surface area contributed by atoms with Crippen molar-refractivity contribution in [1.82, 2.24) is 10.9 Å². The van der Waals surface area contributed by atoms with E-state index in [-0.39, 0.29) is 18.4 Å². The minimum absolute atomic E-state index is 0.0618. The van der Waals surface area contributed by atoms with E-state index in [9.17, 15) is 9.59 Å². The van der Waals surface area contributed by atoms with Crippen LogP contribution in [0.1, 0.15) is 26.4 Å². The van der Waals surface area contributed by atoms with Crippen molar-refractivity contribution >= 4 is 28.8 Å². The second-order valence-corrected chi connectivity index (χ2v) is 7.98. The van der Waals surface area contributed by atoms with Gasteiger partial charge in [0.2, 0.25) is 0 Å². The van der Waals surface area contributed by atoms with Gasteiger partial charge in [-0.15, -0.1) is 11.3 Å². The van der Waals surface area contributed by atoms with Gasteiger partial charge in [-0.05, 0) is 43.7 Å². The summed E-state index contributed by atoms with van der Waals surface area (Å²) < 4.78 is 5.73. The highest BCUT2D eigenvalue weighted by Crippen LogP contribution is 2.42. The van der Waals surface area contributed by atoms with E-state index in [1.807, 2.05) is 62.4 Å². The molecule has 3 N–H and O–H groups in total. The number of aryl methyl sites for hydroxylation is 2. The Morgan fingerprint density at radius 3 is 2.72 bits per heavy atom. The van der Waals surface area contributed by atoms with Crippen molar-refractivity contribution in [1.29, 1.82) is 0 Å². The summed E-state index contributed by atoms with van der Waals surface area (Å²) in [4.78, 5) is 26.1. The summed E-state index contributed by atoms with van der Waals surface area (Å²) >= 11 is 1.39. The van der Waals surface area contributed by atoms with Crippen molar-refractivity contribution in [3.63, 3.8) is 0 Å². The van der Waals surface area contributed by atoms with Crippen LogP contribution in [-0.2, 0) is 11.4 Å². The molecule has 1 aliphatic rings. The first-order valence-electron chi connectivity index (χ1n) is 9.26. The molecule has 2 heterocycles. The number of carbonyl (C=O) groups is 2. The van der Waals surface area contributed by atoms with E-state index in [0.29, 0.717) is 11.5 Å². The van der Waals surface area contributed by atoms with Crippen LogP contribution in [0.15, 0.2) is 48.5 Å². The van der Waals surface area contributed by atoms with Gasteiger partial charge in [0.05, 0.1) is 11.4 Å². The van der Waals surface area contributed by atoms with Crippen molar-refractivity contribution in [2.45, 2.75) is 20.5 Å². The molecule has 0 fully saturated rings. The number of anilines is 1. The number of nitrogens with one attached hydrogen (secondary N) is 3. The smallest absolute Gasteiger partial charge is 0.279 e. The highest BCUT2D eigenvalue weighted by Gasteiger charge is 2.22. The molecule has 2 aromatic carbocycles. The third-order valence-electron chi connectivity index (χ3n) is 4.68. The Bertz CT molecular complexity index is 1090. The second-order valence-electron chi connectivity index (χ2n) is 6.92. The largest absolute Gasteiger partial charge is 0.488 e. The average Bonchev–Trinajstić information content (AvgIpc) is 3.16. The molecule has 0 saturated carbocycles. The van der Waals surface area contributed by atoms with Crippen molar-refractivity contribution in [2.24, 2.45) is 0 Å². The molecule has 6 nitrogen and oxygen atoms in total. The Hall–Kier alpha value is -3.32. The maximum absolute atomic E-state index is 12.5. The van der Waals surface area contributed by atoms with Gasteiger partial charge in [0.25, 0.3) is 11.8 Å². The van der Waals surface area contributed by atoms with Crippen LogP contribution in [0.25, 0.3) is 10.4 Å². The van der Waals surface area contributed by atoms with Gasteiger partial charge < -0.3 is 10.1 Å². The van der Waals surface area contributed by atoms with Crippen molar-refractivity contribution in [2.75, 3.05) is 11.9 Å². The lowest BCUT2D eigenvalue weighted by molar-refractivity contribution is -0.120. The molecule has 0 unspecified atom stereocenters. The maximum atomic E-state index is 12.5. The zero-order valence-corrected chi connectivity index (χ0v) is 17.0. The number of thiophene rings is 1. The molecule has 29 heavy (non-hydrogen) atoms. The molecule has 1 aliphatic heterocycles. The summed E-state index contributed by atoms with van der Waals surface area (Å²) in [6.45, 7) is 4.50. The molecule has 0 atom stereocenters. The zero-order chi connectivity index (χ0) is 20.4. The summed E-state index contributed by atoms with van der Waals surface area (Å²) in [6.07, 6.45) is 0. The normalized spacial score (nSPS) is 11.7. The van der Waals surface area contributed by atoms with Crippen LogP contribution in [0, 0.1) is 13.8 Å². The number of carbonyl (C=O) groups excluding carboxylic acids is 2. The van der Waals surface area contributed by atoms with Gasteiger partial charge in [-0.3, -0.25) is 20.4 Å². The first-order valence-corrected chi connectivity index (χ1v) is 10.1. The fourth-order valence-electron chi connectivity index (χ4n) is 3.23. The SMILES string of the molecule is Cc1ccc(NCC(=O)NNC(=O)c2cc3c(s2)-c2ccccc2OC3)c(C)c1. The molecule has 0 aliphatic carbocycles. The topological polar surface area (TPSA) is 79.5 Å². The lowest BCUT2D eigenvalue weighted by atomic mass is 10.1. The highest BCUT2D eigenvalue weighted by atomic mass is 32.1. The number of hydrogen-bond acceptors (Lipinski definition) is 5.